The number of aliphatic hydroxyl groups is 1. The molecule has 0 amide bonds. The standard InChI is InChI=1S/C11H18O2/c1-11(7-4-8-13-11)10(12)9-5-2-3-6-9/h5,10,12H,2-4,6-8H2,1H3. The fraction of sp³-hybridized carbons (Fsp3) is 0.818. The molecular weight excluding hydrogens is 164 g/mol. The van der Waals surface area contributed by atoms with E-state index in [0.717, 1.165) is 32.3 Å². The molecule has 2 atom stereocenters. The van der Waals surface area contributed by atoms with Gasteiger partial charge >= 0.3 is 0 Å². The second kappa shape index (κ2) is 3.43. The molecule has 0 aromatic carbocycles. The summed E-state index contributed by atoms with van der Waals surface area (Å²) >= 11 is 0. The average molecular weight is 182 g/mol. The van der Waals surface area contributed by atoms with Crippen molar-refractivity contribution in [2.75, 3.05) is 6.61 Å². The summed E-state index contributed by atoms with van der Waals surface area (Å²) in [6.07, 6.45) is 7.27. The van der Waals surface area contributed by atoms with E-state index in [1.54, 1.807) is 0 Å². The largest absolute Gasteiger partial charge is 0.386 e. The van der Waals surface area contributed by atoms with E-state index in [0.29, 0.717) is 0 Å². The summed E-state index contributed by atoms with van der Waals surface area (Å²) in [7, 11) is 0. The maximum absolute atomic E-state index is 10.1. The molecule has 13 heavy (non-hydrogen) atoms. The number of rotatable bonds is 2. The summed E-state index contributed by atoms with van der Waals surface area (Å²) in [6.45, 7) is 2.84. The van der Waals surface area contributed by atoms with Crippen molar-refractivity contribution in [3.63, 3.8) is 0 Å². The molecule has 2 nitrogen and oxygen atoms in total. The van der Waals surface area contributed by atoms with E-state index < -0.39 is 0 Å². The van der Waals surface area contributed by atoms with Gasteiger partial charge in [0.05, 0.1) is 5.60 Å². The molecule has 1 heterocycles. The zero-order valence-electron chi connectivity index (χ0n) is 8.25. The molecule has 0 spiro atoms. The Bertz CT molecular complexity index is 214. The van der Waals surface area contributed by atoms with Crippen LogP contribution in [0.4, 0.5) is 0 Å². The third kappa shape index (κ3) is 1.65. The third-order valence-corrected chi connectivity index (χ3v) is 3.26. The minimum atomic E-state index is -0.363. The van der Waals surface area contributed by atoms with Crippen LogP contribution in [-0.2, 0) is 4.74 Å². The Kier molecular flexibility index (Phi) is 2.43. The molecule has 1 aliphatic carbocycles. The SMILES string of the molecule is CC1(C(O)C2=CCCC2)CCCO1. The van der Waals surface area contributed by atoms with Crippen LogP contribution in [0.1, 0.15) is 39.0 Å². The van der Waals surface area contributed by atoms with Crippen molar-refractivity contribution in [1.82, 2.24) is 0 Å². The molecule has 2 unspecified atom stereocenters. The second-order valence-corrected chi connectivity index (χ2v) is 4.34. The van der Waals surface area contributed by atoms with Crippen LogP contribution in [0.5, 0.6) is 0 Å². The Morgan fingerprint density at radius 2 is 2.38 bits per heavy atom. The van der Waals surface area contributed by atoms with Crippen molar-refractivity contribution in [2.24, 2.45) is 0 Å². The normalized spacial score (nSPS) is 36.3. The van der Waals surface area contributed by atoms with Gasteiger partial charge in [-0.3, -0.25) is 0 Å². The molecule has 0 saturated carbocycles. The smallest absolute Gasteiger partial charge is 0.104 e. The predicted molar refractivity (Wildman–Crippen MR) is 51.5 cm³/mol. The van der Waals surface area contributed by atoms with Gasteiger partial charge < -0.3 is 9.84 Å². The molecule has 2 aliphatic rings. The van der Waals surface area contributed by atoms with Gasteiger partial charge in [0.2, 0.25) is 0 Å². The van der Waals surface area contributed by atoms with Gasteiger partial charge in [-0.1, -0.05) is 6.08 Å². The molecule has 1 saturated heterocycles. The summed E-state index contributed by atoms with van der Waals surface area (Å²) in [6, 6.07) is 0. The fourth-order valence-corrected chi connectivity index (χ4v) is 2.35. The van der Waals surface area contributed by atoms with Gasteiger partial charge in [0, 0.05) is 6.61 Å². The zero-order chi connectivity index (χ0) is 9.31. The van der Waals surface area contributed by atoms with E-state index in [4.69, 9.17) is 4.74 Å². The first-order valence-electron chi connectivity index (χ1n) is 5.23. The molecular formula is C11H18O2. The van der Waals surface area contributed by atoms with Gasteiger partial charge in [-0.2, -0.15) is 0 Å². The van der Waals surface area contributed by atoms with Crippen LogP contribution in [0.2, 0.25) is 0 Å². The van der Waals surface area contributed by atoms with Crippen LogP contribution in [0, 0.1) is 0 Å². The van der Waals surface area contributed by atoms with E-state index in [-0.39, 0.29) is 11.7 Å². The third-order valence-electron chi connectivity index (χ3n) is 3.26. The molecule has 0 bridgehead atoms. The Balaban J connectivity index is 2.06. The lowest BCUT2D eigenvalue weighted by Crippen LogP contribution is -2.39. The lowest BCUT2D eigenvalue weighted by molar-refractivity contribution is -0.0621. The molecule has 1 fully saturated rings. The first-order chi connectivity index (χ1) is 6.22. The van der Waals surface area contributed by atoms with Crippen LogP contribution in [0.25, 0.3) is 0 Å². The van der Waals surface area contributed by atoms with Crippen molar-refractivity contribution >= 4 is 0 Å². The minimum Gasteiger partial charge on any atom is -0.386 e. The van der Waals surface area contributed by atoms with Crippen LogP contribution in [0.15, 0.2) is 11.6 Å². The van der Waals surface area contributed by atoms with Gasteiger partial charge in [-0.15, -0.1) is 0 Å². The minimum absolute atomic E-state index is 0.295. The number of hydrogen-bond donors (Lipinski definition) is 1. The first kappa shape index (κ1) is 9.22. The van der Waals surface area contributed by atoms with Crippen molar-refractivity contribution in [1.29, 1.82) is 0 Å². The highest BCUT2D eigenvalue weighted by molar-refractivity contribution is 5.17. The monoisotopic (exact) mass is 182 g/mol. The highest BCUT2D eigenvalue weighted by Crippen LogP contribution is 2.35. The van der Waals surface area contributed by atoms with Crippen molar-refractivity contribution < 1.29 is 9.84 Å². The molecule has 74 valence electrons. The van der Waals surface area contributed by atoms with Gasteiger partial charge in [0.15, 0.2) is 0 Å². The van der Waals surface area contributed by atoms with Gasteiger partial charge in [-0.05, 0) is 44.6 Å². The van der Waals surface area contributed by atoms with E-state index in [1.165, 1.54) is 12.0 Å². The Morgan fingerprint density at radius 3 is 2.92 bits per heavy atom. The van der Waals surface area contributed by atoms with E-state index in [9.17, 15) is 5.11 Å². The maximum atomic E-state index is 10.1. The second-order valence-electron chi connectivity index (χ2n) is 4.34. The van der Waals surface area contributed by atoms with E-state index >= 15 is 0 Å². The zero-order valence-corrected chi connectivity index (χ0v) is 8.25. The Labute approximate surface area is 79.6 Å². The van der Waals surface area contributed by atoms with E-state index in [1.807, 2.05) is 6.92 Å². The van der Waals surface area contributed by atoms with Crippen molar-refractivity contribution in [2.45, 2.75) is 50.7 Å². The number of hydrogen-bond acceptors (Lipinski definition) is 2. The van der Waals surface area contributed by atoms with Crippen molar-refractivity contribution in [3.05, 3.63) is 11.6 Å². The molecule has 0 radical (unpaired) electrons. The molecule has 0 aromatic heterocycles. The lowest BCUT2D eigenvalue weighted by atomic mass is 9.90. The van der Waals surface area contributed by atoms with Crippen LogP contribution < -0.4 is 0 Å². The Morgan fingerprint density at radius 1 is 1.54 bits per heavy atom. The maximum Gasteiger partial charge on any atom is 0.104 e. The average Bonchev–Trinajstić information content (AvgIpc) is 2.73. The molecule has 2 rings (SSSR count). The van der Waals surface area contributed by atoms with Crippen LogP contribution in [0.3, 0.4) is 0 Å². The lowest BCUT2D eigenvalue weighted by Gasteiger charge is -2.30. The number of aliphatic hydroxyl groups excluding tert-OH is 1. The van der Waals surface area contributed by atoms with Gasteiger partial charge in [-0.25, -0.2) is 0 Å². The van der Waals surface area contributed by atoms with Crippen LogP contribution >= 0.6 is 0 Å². The molecule has 0 aromatic rings. The summed E-state index contributed by atoms with van der Waals surface area (Å²) in [5.41, 5.74) is 0.903. The summed E-state index contributed by atoms with van der Waals surface area (Å²) < 4.78 is 5.62. The fourth-order valence-electron chi connectivity index (χ4n) is 2.35. The highest BCUT2D eigenvalue weighted by atomic mass is 16.5. The predicted octanol–water partition coefficient (Wildman–Crippen LogP) is 2.03. The van der Waals surface area contributed by atoms with Gasteiger partial charge in [0.1, 0.15) is 6.10 Å². The Hall–Kier alpha value is -0.340. The summed E-state index contributed by atoms with van der Waals surface area (Å²) in [4.78, 5) is 0. The summed E-state index contributed by atoms with van der Waals surface area (Å²) in [5.74, 6) is 0. The topological polar surface area (TPSA) is 29.5 Å². The molecule has 1 N–H and O–H groups in total. The highest BCUT2D eigenvalue weighted by Gasteiger charge is 2.39. The van der Waals surface area contributed by atoms with Crippen molar-refractivity contribution in [3.8, 4) is 0 Å². The number of ether oxygens (including phenoxy) is 1. The molecule has 2 heteroatoms. The quantitative estimate of drug-likeness (QED) is 0.662. The van der Waals surface area contributed by atoms with Gasteiger partial charge in [0.25, 0.3) is 0 Å². The van der Waals surface area contributed by atoms with Crippen LogP contribution in [-0.4, -0.2) is 23.4 Å². The molecule has 1 aliphatic heterocycles. The number of allylic oxidation sites excluding steroid dienone is 1. The summed E-state index contributed by atoms with van der Waals surface area (Å²) in [5, 5.41) is 10.1. The van der Waals surface area contributed by atoms with E-state index in [2.05, 4.69) is 6.08 Å². The first-order valence-corrected chi connectivity index (χ1v) is 5.23.